The summed E-state index contributed by atoms with van der Waals surface area (Å²) in [4.78, 5) is 3.30. The van der Waals surface area contributed by atoms with Crippen molar-refractivity contribution in [3.63, 3.8) is 0 Å². The lowest BCUT2D eigenvalue weighted by Gasteiger charge is -2.07. The SMILES string of the molecule is Cl.Clc1cccc(CNCCc2c[nH]c3ccccc23)c1Cl. The Kier molecular flexibility index (Phi) is 6.16. The van der Waals surface area contributed by atoms with Gasteiger partial charge in [0, 0.05) is 23.6 Å². The lowest BCUT2D eigenvalue weighted by atomic mass is 10.1. The molecule has 2 nitrogen and oxygen atoms in total. The van der Waals surface area contributed by atoms with Crippen molar-refractivity contribution in [2.24, 2.45) is 0 Å². The van der Waals surface area contributed by atoms with Crippen LogP contribution in [0.15, 0.2) is 48.7 Å². The summed E-state index contributed by atoms with van der Waals surface area (Å²) in [5.74, 6) is 0. The number of hydrogen-bond acceptors (Lipinski definition) is 1. The molecule has 3 aromatic rings. The first kappa shape index (κ1) is 17.2. The highest BCUT2D eigenvalue weighted by Gasteiger charge is 2.05. The maximum absolute atomic E-state index is 6.17. The highest BCUT2D eigenvalue weighted by molar-refractivity contribution is 6.42. The van der Waals surface area contributed by atoms with Crippen LogP contribution in [0.1, 0.15) is 11.1 Å². The lowest BCUT2D eigenvalue weighted by Crippen LogP contribution is -2.16. The van der Waals surface area contributed by atoms with Crippen LogP contribution in [0, 0.1) is 0 Å². The summed E-state index contributed by atoms with van der Waals surface area (Å²) >= 11 is 12.2. The summed E-state index contributed by atoms with van der Waals surface area (Å²) in [5, 5.41) is 5.95. The molecule has 0 aliphatic carbocycles. The molecule has 0 atom stereocenters. The van der Waals surface area contributed by atoms with Crippen LogP contribution in [0.25, 0.3) is 10.9 Å². The van der Waals surface area contributed by atoms with Gasteiger partial charge in [0.15, 0.2) is 0 Å². The van der Waals surface area contributed by atoms with Crippen LogP contribution in [-0.4, -0.2) is 11.5 Å². The van der Waals surface area contributed by atoms with E-state index in [1.54, 1.807) is 6.07 Å². The standard InChI is InChI=1S/C17H16Cl2N2.ClH/c18-15-6-3-4-13(17(15)19)10-20-9-8-12-11-21-16-7-2-1-5-14(12)16;/h1-7,11,20-21H,8-10H2;1H. The maximum Gasteiger partial charge on any atom is 0.0637 e. The maximum atomic E-state index is 6.17. The van der Waals surface area contributed by atoms with Gasteiger partial charge < -0.3 is 10.3 Å². The second-order valence-corrected chi connectivity index (χ2v) is 5.78. The zero-order valence-corrected chi connectivity index (χ0v) is 14.2. The number of aromatic amines is 1. The number of benzene rings is 2. The molecule has 2 N–H and O–H groups in total. The number of H-pyrrole nitrogens is 1. The molecule has 0 radical (unpaired) electrons. The summed E-state index contributed by atoms with van der Waals surface area (Å²) in [7, 11) is 0. The van der Waals surface area contributed by atoms with Gasteiger partial charge in [-0.3, -0.25) is 0 Å². The average molecular weight is 356 g/mol. The predicted octanol–water partition coefficient (Wildman–Crippen LogP) is 5.23. The molecule has 1 heterocycles. The first-order chi connectivity index (χ1) is 10.3. The molecule has 0 unspecified atom stereocenters. The van der Waals surface area contributed by atoms with Crippen molar-refractivity contribution in [1.82, 2.24) is 10.3 Å². The van der Waals surface area contributed by atoms with Crippen molar-refractivity contribution < 1.29 is 0 Å². The molecule has 2 aromatic carbocycles. The Morgan fingerprint density at radius 1 is 0.955 bits per heavy atom. The van der Waals surface area contributed by atoms with Crippen molar-refractivity contribution in [2.45, 2.75) is 13.0 Å². The molecule has 0 bridgehead atoms. The van der Waals surface area contributed by atoms with Gasteiger partial charge in [-0.2, -0.15) is 0 Å². The second-order valence-electron chi connectivity index (χ2n) is 5.00. The van der Waals surface area contributed by atoms with Crippen LogP contribution < -0.4 is 5.32 Å². The largest absolute Gasteiger partial charge is 0.361 e. The minimum Gasteiger partial charge on any atom is -0.361 e. The van der Waals surface area contributed by atoms with Crippen LogP contribution in [0.5, 0.6) is 0 Å². The average Bonchev–Trinajstić information content (AvgIpc) is 2.91. The highest BCUT2D eigenvalue weighted by atomic mass is 35.5. The van der Waals surface area contributed by atoms with E-state index in [9.17, 15) is 0 Å². The van der Waals surface area contributed by atoms with E-state index in [-0.39, 0.29) is 12.4 Å². The van der Waals surface area contributed by atoms with E-state index in [4.69, 9.17) is 23.2 Å². The molecule has 0 saturated carbocycles. The molecule has 0 aliphatic rings. The van der Waals surface area contributed by atoms with E-state index in [2.05, 4.69) is 34.7 Å². The molecule has 116 valence electrons. The van der Waals surface area contributed by atoms with Gasteiger partial charge in [0.25, 0.3) is 0 Å². The molecule has 0 spiro atoms. The van der Waals surface area contributed by atoms with Crippen LogP contribution in [0.2, 0.25) is 10.0 Å². The fraction of sp³-hybridized carbons (Fsp3) is 0.176. The fourth-order valence-corrected chi connectivity index (χ4v) is 2.86. The Hall–Kier alpha value is -1.19. The normalized spacial score (nSPS) is 10.6. The summed E-state index contributed by atoms with van der Waals surface area (Å²) in [6.45, 7) is 1.62. The van der Waals surface area contributed by atoms with E-state index in [1.165, 1.54) is 16.5 Å². The van der Waals surface area contributed by atoms with Gasteiger partial charge in [-0.05, 0) is 36.2 Å². The minimum absolute atomic E-state index is 0. The van der Waals surface area contributed by atoms with E-state index in [1.807, 2.05) is 18.2 Å². The van der Waals surface area contributed by atoms with Crippen molar-refractivity contribution in [3.8, 4) is 0 Å². The van der Waals surface area contributed by atoms with Crippen LogP contribution in [0.3, 0.4) is 0 Å². The Morgan fingerprint density at radius 3 is 2.64 bits per heavy atom. The van der Waals surface area contributed by atoms with Crippen molar-refractivity contribution in [3.05, 3.63) is 69.8 Å². The molecule has 0 fully saturated rings. The van der Waals surface area contributed by atoms with E-state index >= 15 is 0 Å². The summed E-state index contributed by atoms with van der Waals surface area (Å²) in [5.41, 5.74) is 3.55. The number of fused-ring (bicyclic) bond motifs is 1. The Balaban J connectivity index is 0.00000176. The monoisotopic (exact) mass is 354 g/mol. The molecule has 5 heteroatoms. The van der Waals surface area contributed by atoms with E-state index in [0.29, 0.717) is 10.0 Å². The fourth-order valence-electron chi connectivity index (χ4n) is 2.47. The third-order valence-electron chi connectivity index (χ3n) is 3.59. The van der Waals surface area contributed by atoms with Crippen LogP contribution in [0.4, 0.5) is 0 Å². The van der Waals surface area contributed by atoms with Gasteiger partial charge in [-0.25, -0.2) is 0 Å². The molecule has 0 aliphatic heterocycles. The Bertz CT molecular complexity index is 752. The van der Waals surface area contributed by atoms with Crippen molar-refractivity contribution >= 4 is 46.5 Å². The van der Waals surface area contributed by atoms with Crippen molar-refractivity contribution in [2.75, 3.05) is 6.54 Å². The summed E-state index contributed by atoms with van der Waals surface area (Å²) in [6.07, 6.45) is 3.06. The Labute approximate surface area is 146 Å². The zero-order chi connectivity index (χ0) is 14.7. The van der Waals surface area contributed by atoms with Crippen LogP contribution >= 0.6 is 35.6 Å². The third-order valence-corrected chi connectivity index (χ3v) is 4.45. The second kappa shape index (κ2) is 7.89. The number of nitrogens with one attached hydrogen (secondary N) is 2. The van der Waals surface area contributed by atoms with Gasteiger partial charge in [-0.15, -0.1) is 12.4 Å². The molecule has 1 aromatic heterocycles. The number of halogens is 3. The Morgan fingerprint density at radius 2 is 1.77 bits per heavy atom. The lowest BCUT2D eigenvalue weighted by molar-refractivity contribution is 0.688. The predicted molar refractivity (Wildman–Crippen MR) is 97.4 cm³/mol. The first-order valence-electron chi connectivity index (χ1n) is 6.94. The third kappa shape index (κ3) is 3.76. The van der Waals surface area contributed by atoms with Gasteiger partial charge in [0.2, 0.25) is 0 Å². The number of rotatable bonds is 5. The zero-order valence-electron chi connectivity index (χ0n) is 11.9. The minimum atomic E-state index is 0. The van der Waals surface area contributed by atoms with Gasteiger partial charge in [0.05, 0.1) is 10.0 Å². The first-order valence-corrected chi connectivity index (χ1v) is 7.70. The molecule has 0 amide bonds. The number of para-hydroxylation sites is 1. The molecule has 3 rings (SSSR count). The summed E-state index contributed by atoms with van der Waals surface area (Å²) in [6, 6.07) is 14.1. The quantitative estimate of drug-likeness (QED) is 0.603. The number of hydrogen-bond donors (Lipinski definition) is 2. The molecule has 0 saturated heterocycles. The topological polar surface area (TPSA) is 27.8 Å². The van der Waals surface area contributed by atoms with Gasteiger partial charge in [-0.1, -0.05) is 53.5 Å². The molecular formula is C17H17Cl3N2. The highest BCUT2D eigenvalue weighted by Crippen LogP contribution is 2.25. The van der Waals surface area contributed by atoms with Gasteiger partial charge >= 0.3 is 0 Å². The van der Waals surface area contributed by atoms with Gasteiger partial charge in [0.1, 0.15) is 0 Å². The smallest absolute Gasteiger partial charge is 0.0637 e. The van der Waals surface area contributed by atoms with E-state index < -0.39 is 0 Å². The van der Waals surface area contributed by atoms with Crippen LogP contribution in [-0.2, 0) is 13.0 Å². The number of aromatic nitrogens is 1. The molecular weight excluding hydrogens is 339 g/mol. The van der Waals surface area contributed by atoms with Crippen molar-refractivity contribution in [1.29, 1.82) is 0 Å². The van der Waals surface area contributed by atoms with E-state index in [0.717, 1.165) is 25.1 Å². The summed E-state index contributed by atoms with van der Waals surface area (Å²) < 4.78 is 0. The molecule has 22 heavy (non-hydrogen) atoms.